The number of hydrogen-bond acceptors (Lipinski definition) is 4. The minimum absolute atomic E-state index is 0.139. The summed E-state index contributed by atoms with van der Waals surface area (Å²) in [6.45, 7) is 3.39. The van der Waals surface area contributed by atoms with Gasteiger partial charge in [-0.25, -0.2) is 8.42 Å². The van der Waals surface area contributed by atoms with Crippen molar-refractivity contribution in [2.75, 3.05) is 24.2 Å². The van der Waals surface area contributed by atoms with Gasteiger partial charge in [0.1, 0.15) is 5.54 Å². The molecular weight excluding hydrogens is 438 g/mol. The molecule has 0 aromatic heterocycles. The molecule has 2 amide bonds. The highest BCUT2D eigenvalue weighted by Crippen LogP contribution is 2.31. The van der Waals surface area contributed by atoms with Crippen LogP contribution in [0.1, 0.15) is 25.0 Å². The number of nitrogens with one attached hydrogen (secondary N) is 1. The highest BCUT2D eigenvalue weighted by molar-refractivity contribution is 7.88. The maximum atomic E-state index is 13.3. The van der Waals surface area contributed by atoms with Crippen LogP contribution in [0.15, 0.2) is 48.5 Å². The third-order valence-corrected chi connectivity index (χ3v) is 6.91. The molecular formula is C22H26ClN3O4S. The maximum absolute atomic E-state index is 13.3. The monoisotopic (exact) mass is 463 g/mol. The first-order valence-electron chi connectivity index (χ1n) is 9.94. The zero-order valence-electron chi connectivity index (χ0n) is 17.8. The minimum atomic E-state index is -3.66. The number of carbonyl (C=O) groups excluding carboxylic acids is 2. The fourth-order valence-corrected chi connectivity index (χ4v) is 4.62. The Morgan fingerprint density at radius 1 is 1.10 bits per heavy atom. The van der Waals surface area contributed by atoms with Gasteiger partial charge in [-0.05, 0) is 48.7 Å². The van der Waals surface area contributed by atoms with Gasteiger partial charge in [0.25, 0.3) is 0 Å². The third kappa shape index (κ3) is 5.08. The zero-order valence-corrected chi connectivity index (χ0v) is 19.3. The number of carbonyl (C=O) groups is 2. The van der Waals surface area contributed by atoms with E-state index in [9.17, 15) is 18.0 Å². The first-order chi connectivity index (χ1) is 14.5. The van der Waals surface area contributed by atoms with Crippen LogP contribution in [-0.4, -0.2) is 49.4 Å². The van der Waals surface area contributed by atoms with E-state index < -0.39 is 27.4 Å². The van der Waals surface area contributed by atoms with Crippen LogP contribution >= 0.6 is 11.6 Å². The van der Waals surface area contributed by atoms with Crippen molar-refractivity contribution in [2.45, 2.75) is 32.4 Å². The molecule has 0 bridgehead atoms. The molecule has 1 N–H and O–H groups in total. The van der Waals surface area contributed by atoms with Crippen molar-refractivity contribution in [3.8, 4) is 0 Å². The van der Waals surface area contributed by atoms with E-state index in [2.05, 4.69) is 5.32 Å². The molecule has 166 valence electrons. The molecule has 0 spiro atoms. The van der Waals surface area contributed by atoms with E-state index in [4.69, 9.17) is 11.6 Å². The lowest BCUT2D eigenvalue weighted by atomic mass is 9.94. The van der Waals surface area contributed by atoms with E-state index in [0.717, 1.165) is 28.1 Å². The van der Waals surface area contributed by atoms with Gasteiger partial charge >= 0.3 is 0 Å². The molecule has 0 aliphatic carbocycles. The third-order valence-electron chi connectivity index (χ3n) is 5.47. The number of rotatable bonds is 6. The molecule has 1 aliphatic heterocycles. The Labute approximate surface area is 188 Å². The van der Waals surface area contributed by atoms with Crippen LogP contribution in [0, 0.1) is 0 Å². The highest BCUT2D eigenvalue weighted by Gasteiger charge is 2.50. The zero-order chi connectivity index (χ0) is 22.8. The van der Waals surface area contributed by atoms with Crippen LogP contribution in [0.25, 0.3) is 0 Å². The maximum Gasteiger partial charge on any atom is 0.247 e. The van der Waals surface area contributed by atoms with Crippen molar-refractivity contribution >= 4 is 39.1 Å². The fraction of sp³-hybridized carbons (Fsp3) is 0.364. The second-order valence-corrected chi connectivity index (χ2v) is 10.3. The summed E-state index contributed by atoms with van der Waals surface area (Å²) in [5.74, 6) is -0.895. The average Bonchev–Trinajstić information content (AvgIpc) is 2.72. The van der Waals surface area contributed by atoms with Crippen LogP contribution < -0.4 is 10.2 Å². The molecule has 3 rings (SSSR count). The van der Waals surface area contributed by atoms with E-state index in [-0.39, 0.29) is 19.6 Å². The lowest BCUT2D eigenvalue weighted by Gasteiger charge is -2.46. The van der Waals surface area contributed by atoms with Gasteiger partial charge in [-0.1, -0.05) is 42.8 Å². The summed E-state index contributed by atoms with van der Waals surface area (Å²) in [7, 11) is -3.66. The van der Waals surface area contributed by atoms with E-state index in [1.165, 1.54) is 4.90 Å². The highest BCUT2D eigenvalue weighted by atomic mass is 35.5. The molecule has 0 unspecified atom stereocenters. The molecule has 1 fully saturated rings. The van der Waals surface area contributed by atoms with Gasteiger partial charge in [0.15, 0.2) is 0 Å². The predicted octanol–water partition coefficient (Wildman–Crippen LogP) is 2.59. The summed E-state index contributed by atoms with van der Waals surface area (Å²) >= 11 is 5.91. The number of amides is 2. The fourth-order valence-electron chi connectivity index (χ4n) is 3.66. The Kier molecular flexibility index (Phi) is 6.73. The smallest absolute Gasteiger partial charge is 0.247 e. The van der Waals surface area contributed by atoms with Gasteiger partial charge in [0.05, 0.1) is 12.8 Å². The number of benzene rings is 2. The standard InChI is InChI=1S/C22H26ClN3O4S/c1-4-16-7-11-19(12-8-16)26-20(27)14-25(31(3,29)30)15-22(26,2)21(28)24-13-17-5-9-18(23)10-6-17/h5-12H,4,13-15H2,1-3H3,(H,24,28)/t22-/m0/s1. The predicted molar refractivity (Wildman–Crippen MR) is 121 cm³/mol. The molecule has 2 aromatic rings. The molecule has 1 saturated heterocycles. The topological polar surface area (TPSA) is 86.8 Å². The van der Waals surface area contributed by atoms with Gasteiger partial charge in [-0.2, -0.15) is 4.31 Å². The van der Waals surface area contributed by atoms with Crippen molar-refractivity contribution in [2.24, 2.45) is 0 Å². The number of piperazine rings is 1. The van der Waals surface area contributed by atoms with Gasteiger partial charge < -0.3 is 5.32 Å². The molecule has 31 heavy (non-hydrogen) atoms. The molecule has 1 aliphatic rings. The second kappa shape index (κ2) is 8.98. The van der Waals surface area contributed by atoms with Gasteiger partial charge in [0, 0.05) is 23.8 Å². The largest absolute Gasteiger partial charge is 0.350 e. The Bertz CT molecular complexity index is 1070. The number of hydrogen-bond donors (Lipinski definition) is 1. The van der Waals surface area contributed by atoms with Gasteiger partial charge in [-0.3, -0.25) is 14.5 Å². The molecule has 0 saturated carbocycles. The lowest BCUT2D eigenvalue weighted by molar-refractivity contribution is -0.133. The van der Waals surface area contributed by atoms with E-state index >= 15 is 0 Å². The molecule has 7 nitrogen and oxygen atoms in total. The molecule has 2 aromatic carbocycles. The van der Waals surface area contributed by atoms with Gasteiger partial charge in [-0.15, -0.1) is 0 Å². The number of halogens is 1. The van der Waals surface area contributed by atoms with Crippen molar-refractivity contribution in [1.82, 2.24) is 9.62 Å². The summed E-state index contributed by atoms with van der Waals surface area (Å²) in [5.41, 5.74) is 1.07. The number of anilines is 1. The Balaban J connectivity index is 1.93. The summed E-state index contributed by atoms with van der Waals surface area (Å²) in [6.07, 6.45) is 1.88. The van der Waals surface area contributed by atoms with Crippen molar-refractivity contribution in [3.63, 3.8) is 0 Å². The number of nitrogens with zero attached hydrogens (tertiary/aromatic N) is 2. The van der Waals surface area contributed by atoms with Gasteiger partial charge in [0.2, 0.25) is 21.8 Å². The van der Waals surface area contributed by atoms with Crippen molar-refractivity contribution in [3.05, 3.63) is 64.7 Å². The van der Waals surface area contributed by atoms with Crippen LogP contribution in [0.3, 0.4) is 0 Å². The van der Waals surface area contributed by atoms with Crippen LogP contribution in [-0.2, 0) is 32.6 Å². The summed E-state index contributed by atoms with van der Waals surface area (Å²) in [4.78, 5) is 27.8. The minimum Gasteiger partial charge on any atom is -0.350 e. The Morgan fingerprint density at radius 3 is 2.23 bits per heavy atom. The first-order valence-corrected chi connectivity index (χ1v) is 12.2. The van der Waals surface area contributed by atoms with E-state index in [1.54, 1.807) is 43.3 Å². The quantitative estimate of drug-likeness (QED) is 0.713. The number of aryl methyl sites for hydroxylation is 1. The number of sulfonamides is 1. The molecule has 1 atom stereocenters. The normalized spacial score (nSPS) is 20.0. The van der Waals surface area contributed by atoms with Crippen molar-refractivity contribution < 1.29 is 18.0 Å². The molecule has 0 radical (unpaired) electrons. The van der Waals surface area contributed by atoms with Crippen LogP contribution in [0.4, 0.5) is 5.69 Å². The van der Waals surface area contributed by atoms with Crippen molar-refractivity contribution in [1.29, 1.82) is 0 Å². The second-order valence-electron chi connectivity index (χ2n) is 7.86. The Morgan fingerprint density at radius 2 is 1.68 bits per heavy atom. The average molecular weight is 464 g/mol. The van der Waals surface area contributed by atoms with E-state index in [0.29, 0.717) is 10.7 Å². The summed E-state index contributed by atoms with van der Waals surface area (Å²) in [6, 6.07) is 14.4. The Hall–Kier alpha value is -2.42. The van der Waals surface area contributed by atoms with Crippen LogP contribution in [0.2, 0.25) is 5.02 Å². The lowest BCUT2D eigenvalue weighted by Crippen LogP contribution is -2.70. The summed E-state index contributed by atoms with van der Waals surface area (Å²) in [5, 5.41) is 3.43. The van der Waals surface area contributed by atoms with E-state index in [1.807, 2.05) is 19.1 Å². The first kappa shape index (κ1) is 23.2. The SMILES string of the molecule is CCc1ccc(N2C(=O)CN(S(C)(=O)=O)C[C@@]2(C)C(=O)NCc2ccc(Cl)cc2)cc1. The summed E-state index contributed by atoms with van der Waals surface area (Å²) < 4.78 is 25.4. The molecule has 9 heteroatoms. The van der Waals surface area contributed by atoms with Crippen LogP contribution in [0.5, 0.6) is 0 Å². The molecule has 1 heterocycles.